The third-order valence-corrected chi connectivity index (χ3v) is 3.18. The maximum atomic E-state index is 11.7. The Morgan fingerprint density at radius 2 is 1.75 bits per heavy atom. The van der Waals surface area contributed by atoms with Gasteiger partial charge >= 0.3 is 0 Å². The Labute approximate surface area is 93.1 Å². The van der Waals surface area contributed by atoms with Crippen molar-refractivity contribution in [3.8, 4) is 5.75 Å². The van der Waals surface area contributed by atoms with Crippen LogP contribution in [0.2, 0.25) is 0 Å². The molecule has 82 valence electrons. The van der Waals surface area contributed by atoms with E-state index in [-0.39, 0.29) is 11.2 Å². The number of para-hydroxylation sites is 1. The lowest BCUT2D eigenvalue weighted by Gasteiger charge is -2.22. The van der Waals surface area contributed by atoms with Crippen molar-refractivity contribution >= 4 is 13.0 Å². The summed E-state index contributed by atoms with van der Waals surface area (Å²) in [6.45, 7) is 0. The number of rotatable bonds is 3. The maximum Gasteiger partial charge on any atom is 0.232 e. The summed E-state index contributed by atoms with van der Waals surface area (Å²) in [5.41, 5.74) is -0.0705. The van der Waals surface area contributed by atoms with Crippen LogP contribution in [0.1, 0.15) is 0 Å². The molecule has 0 spiro atoms. The Kier molecular flexibility index (Phi) is 3.04. The highest BCUT2D eigenvalue weighted by atomic mass is 31.2. The minimum atomic E-state index is -4.13. The minimum Gasteiger partial charge on any atom is -0.764 e. The van der Waals surface area contributed by atoms with Crippen LogP contribution in [0.25, 0.3) is 0 Å². The largest absolute Gasteiger partial charge is 0.764 e. The fourth-order valence-electron chi connectivity index (χ4n) is 1.18. The zero-order valence-corrected chi connectivity index (χ0v) is 9.21. The monoisotopic (exact) mass is 234 g/mol. The van der Waals surface area contributed by atoms with Gasteiger partial charge in [0.05, 0.1) is 0 Å². The molecule has 5 heteroatoms. The van der Waals surface area contributed by atoms with Gasteiger partial charge < -0.3 is 9.42 Å². The summed E-state index contributed by atoms with van der Waals surface area (Å²) in [6, 6.07) is 13.0. The van der Waals surface area contributed by atoms with Gasteiger partial charge in [-0.3, -0.25) is 9.55 Å². The van der Waals surface area contributed by atoms with Crippen LogP contribution in [-0.2, 0) is 4.57 Å². The second kappa shape index (κ2) is 4.47. The normalized spacial score (nSPS) is 14.1. The third kappa shape index (κ3) is 2.48. The number of hydrogen-bond acceptors (Lipinski definition) is 4. The molecule has 0 fully saturated rings. The van der Waals surface area contributed by atoms with Gasteiger partial charge in [0.15, 0.2) is 0 Å². The standard InChI is InChI=1S/C11H10NO3P/c13-16(14,11-8-4-5-9-12-11)15-10-6-2-1-3-7-10/h1-9H,(H,13,14)/p-1. The van der Waals surface area contributed by atoms with Crippen molar-refractivity contribution in [2.75, 3.05) is 0 Å². The topological polar surface area (TPSA) is 62.2 Å². The number of pyridine rings is 1. The second-order valence-electron chi connectivity index (χ2n) is 3.09. The van der Waals surface area contributed by atoms with Gasteiger partial charge in [-0.15, -0.1) is 0 Å². The van der Waals surface area contributed by atoms with E-state index in [0.29, 0.717) is 0 Å². The predicted octanol–water partition coefficient (Wildman–Crippen LogP) is 1.34. The van der Waals surface area contributed by atoms with Crippen LogP contribution < -0.4 is 14.9 Å². The van der Waals surface area contributed by atoms with E-state index in [9.17, 15) is 9.46 Å². The van der Waals surface area contributed by atoms with Crippen molar-refractivity contribution in [1.82, 2.24) is 4.98 Å². The molecule has 0 saturated carbocycles. The highest BCUT2D eigenvalue weighted by Gasteiger charge is 2.14. The quantitative estimate of drug-likeness (QED) is 0.752. The SMILES string of the molecule is O=P([O-])(Oc1ccccc1)c1ccccn1. The Balaban J connectivity index is 2.25. The number of aromatic nitrogens is 1. The van der Waals surface area contributed by atoms with Gasteiger partial charge in [0.1, 0.15) is 11.2 Å². The minimum absolute atomic E-state index is 0.0705. The van der Waals surface area contributed by atoms with Gasteiger partial charge in [-0.2, -0.15) is 0 Å². The number of hydrogen-bond donors (Lipinski definition) is 0. The van der Waals surface area contributed by atoms with Gasteiger partial charge in [-0.05, 0) is 24.3 Å². The van der Waals surface area contributed by atoms with Crippen LogP contribution in [0.3, 0.4) is 0 Å². The Morgan fingerprint density at radius 1 is 1.06 bits per heavy atom. The van der Waals surface area contributed by atoms with Crippen LogP contribution in [0.15, 0.2) is 54.7 Å². The second-order valence-corrected chi connectivity index (χ2v) is 4.73. The first-order chi connectivity index (χ1) is 7.68. The highest BCUT2D eigenvalue weighted by Crippen LogP contribution is 2.35. The molecule has 2 aromatic rings. The van der Waals surface area contributed by atoms with E-state index < -0.39 is 7.60 Å². The Morgan fingerprint density at radius 3 is 2.38 bits per heavy atom. The molecule has 1 aromatic carbocycles. The summed E-state index contributed by atoms with van der Waals surface area (Å²) in [7, 11) is -4.13. The van der Waals surface area contributed by atoms with Crippen molar-refractivity contribution in [1.29, 1.82) is 0 Å². The lowest BCUT2D eigenvalue weighted by Crippen LogP contribution is -2.21. The lowest BCUT2D eigenvalue weighted by atomic mass is 10.3. The van der Waals surface area contributed by atoms with Gasteiger partial charge in [0.25, 0.3) is 0 Å². The Hall–Kier alpha value is -1.64. The Bertz CT molecular complexity index is 501. The summed E-state index contributed by atoms with van der Waals surface area (Å²) in [4.78, 5) is 15.5. The molecule has 2 rings (SSSR count). The van der Waals surface area contributed by atoms with E-state index >= 15 is 0 Å². The van der Waals surface area contributed by atoms with E-state index in [4.69, 9.17) is 4.52 Å². The van der Waals surface area contributed by atoms with E-state index in [1.54, 1.807) is 42.5 Å². The zero-order chi connectivity index (χ0) is 11.4. The van der Waals surface area contributed by atoms with Gasteiger partial charge in [-0.25, -0.2) is 0 Å². The molecule has 0 aliphatic rings. The van der Waals surface area contributed by atoms with E-state index in [1.165, 1.54) is 12.3 Å². The van der Waals surface area contributed by atoms with Crippen LogP contribution in [0.5, 0.6) is 5.75 Å². The fraction of sp³-hybridized carbons (Fsp3) is 0. The van der Waals surface area contributed by atoms with Gasteiger partial charge in [0, 0.05) is 6.20 Å². The summed E-state index contributed by atoms with van der Waals surface area (Å²) >= 11 is 0. The van der Waals surface area contributed by atoms with Crippen molar-refractivity contribution in [3.05, 3.63) is 54.7 Å². The molecule has 0 aliphatic carbocycles. The molecule has 0 saturated heterocycles. The maximum absolute atomic E-state index is 11.7. The molecule has 1 heterocycles. The van der Waals surface area contributed by atoms with Crippen LogP contribution in [0, 0.1) is 0 Å². The van der Waals surface area contributed by atoms with Crippen molar-refractivity contribution in [2.45, 2.75) is 0 Å². The molecule has 4 nitrogen and oxygen atoms in total. The summed E-state index contributed by atoms with van der Waals surface area (Å²) in [6.07, 6.45) is 1.41. The van der Waals surface area contributed by atoms with Crippen LogP contribution in [0.4, 0.5) is 0 Å². The van der Waals surface area contributed by atoms with E-state index in [2.05, 4.69) is 4.98 Å². The summed E-state index contributed by atoms with van der Waals surface area (Å²) in [5, 5.41) is 0. The molecule has 0 bridgehead atoms. The number of nitrogens with zero attached hydrogens (tertiary/aromatic N) is 1. The molecular formula is C11H9NO3P-. The summed E-state index contributed by atoms with van der Waals surface area (Å²) < 4.78 is 16.7. The first-order valence-electron chi connectivity index (χ1n) is 4.66. The molecule has 1 atom stereocenters. The molecule has 1 unspecified atom stereocenters. The van der Waals surface area contributed by atoms with Gasteiger partial charge in [0.2, 0.25) is 7.60 Å². The van der Waals surface area contributed by atoms with E-state index in [1.807, 2.05) is 0 Å². The molecule has 0 N–H and O–H groups in total. The third-order valence-electron chi connectivity index (χ3n) is 1.90. The molecule has 1 aromatic heterocycles. The fourth-order valence-corrected chi connectivity index (χ4v) is 2.15. The van der Waals surface area contributed by atoms with Crippen molar-refractivity contribution < 1.29 is 14.0 Å². The lowest BCUT2D eigenvalue weighted by molar-refractivity contribution is -0.186. The molecular weight excluding hydrogens is 225 g/mol. The molecule has 16 heavy (non-hydrogen) atoms. The van der Waals surface area contributed by atoms with Crippen LogP contribution >= 0.6 is 7.60 Å². The van der Waals surface area contributed by atoms with Crippen LogP contribution in [-0.4, -0.2) is 4.98 Å². The molecule has 0 radical (unpaired) electrons. The zero-order valence-electron chi connectivity index (χ0n) is 8.32. The average molecular weight is 234 g/mol. The smallest absolute Gasteiger partial charge is 0.232 e. The van der Waals surface area contributed by atoms with Crippen molar-refractivity contribution in [2.24, 2.45) is 0 Å². The summed E-state index contributed by atoms with van der Waals surface area (Å²) in [5.74, 6) is 0.284. The van der Waals surface area contributed by atoms with Crippen molar-refractivity contribution in [3.63, 3.8) is 0 Å². The number of benzene rings is 1. The average Bonchev–Trinajstić information content (AvgIpc) is 2.31. The molecule has 0 amide bonds. The first kappa shape index (κ1) is 10.9. The molecule has 0 aliphatic heterocycles. The van der Waals surface area contributed by atoms with E-state index in [0.717, 1.165) is 0 Å². The first-order valence-corrected chi connectivity index (χ1v) is 6.20. The highest BCUT2D eigenvalue weighted by molar-refractivity contribution is 7.59. The predicted molar refractivity (Wildman–Crippen MR) is 58.5 cm³/mol. The van der Waals surface area contributed by atoms with Gasteiger partial charge in [-0.1, -0.05) is 24.3 Å².